The second kappa shape index (κ2) is 6.38. The van der Waals surface area contributed by atoms with Crippen molar-refractivity contribution >= 4 is 35.0 Å². The van der Waals surface area contributed by atoms with Crippen LogP contribution in [-0.2, 0) is 9.59 Å². The van der Waals surface area contributed by atoms with E-state index in [1.54, 1.807) is 6.08 Å². The Balaban J connectivity index is 2.05. The molecule has 0 atom stereocenters. The molecule has 0 saturated carbocycles. The maximum Gasteiger partial charge on any atom is 0.293 e. The number of hydrogen-bond acceptors (Lipinski definition) is 5. The van der Waals surface area contributed by atoms with Gasteiger partial charge in [-0.2, -0.15) is 0 Å². The molecule has 1 aliphatic heterocycles. The zero-order chi connectivity index (χ0) is 14.5. The molecule has 0 N–H and O–H groups in total. The van der Waals surface area contributed by atoms with Gasteiger partial charge in [-0.15, -0.1) is 0 Å². The van der Waals surface area contributed by atoms with Crippen molar-refractivity contribution in [3.63, 3.8) is 0 Å². The first-order valence-corrected chi connectivity index (χ1v) is 6.90. The van der Waals surface area contributed by atoms with Crippen molar-refractivity contribution in [2.75, 3.05) is 6.54 Å². The molecular formula is C14H12NO4S-. The Labute approximate surface area is 120 Å². The number of carbonyl (C=O) groups is 3. The number of carboxylic acid groups (broad SMARTS) is 1. The second-order valence-corrected chi connectivity index (χ2v) is 5.21. The minimum atomic E-state index is -1.18. The Morgan fingerprint density at radius 2 is 1.95 bits per heavy atom. The Kier molecular flexibility index (Phi) is 4.57. The van der Waals surface area contributed by atoms with Gasteiger partial charge in [0.05, 0.1) is 4.91 Å². The minimum absolute atomic E-state index is 0.102. The third-order valence-electron chi connectivity index (χ3n) is 2.73. The molecule has 20 heavy (non-hydrogen) atoms. The molecule has 1 aliphatic rings. The maximum atomic E-state index is 12.0. The van der Waals surface area contributed by atoms with Crippen LogP contribution in [0.1, 0.15) is 18.4 Å². The average molecular weight is 290 g/mol. The van der Waals surface area contributed by atoms with Crippen molar-refractivity contribution in [3.05, 3.63) is 40.8 Å². The Morgan fingerprint density at radius 3 is 2.60 bits per heavy atom. The summed E-state index contributed by atoms with van der Waals surface area (Å²) in [5.41, 5.74) is 0.840. The molecule has 6 heteroatoms. The van der Waals surface area contributed by atoms with Crippen LogP contribution in [0.2, 0.25) is 0 Å². The highest BCUT2D eigenvalue weighted by Gasteiger charge is 2.34. The van der Waals surface area contributed by atoms with E-state index in [-0.39, 0.29) is 30.5 Å². The molecule has 2 amide bonds. The number of rotatable bonds is 5. The molecule has 0 radical (unpaired) electrons. The number of thioether (sulfide) groups is 1. The summed E-state index contributed by atoms with van der Waals surface area (Å²) in [4.78, 5) is 35.5. The molecule has 0 spiro atoms. The Hall–Kier alpha value is -2.08. The standard InChI is InChI=1S/C14H13NO4S/c16-12(17)7-4-8-15-13(18)11(20-14(15)19)9-10-5-2-1-3-6-10/h1-3,5-6,9H,4,7-8H2,(H,16,17)/p-1/b11-9+. The van der Waals surface area contributed by atoms with Crippen LogP contribution in [-0.4, -0.2) is 28.6 Å². The lowest BCUT2D eigenvalue weighted by atomic mass is 10.2. The predicted octanol–water partition coefficient (Wildman–Crippen LogP) is 1.25. The van der Waals surface area contributed by atoms with Crippen molar-refractivity contribution in [1.82, 2.24) is 4.90 Å². The summed E-state index contributed by atoms with van der Waals surface area (Å²) in [6.07, 6.45) is 1.70. The zero-order valence-electron chi connectivity index (χ0n) is 10.6. The number of carbonyl (C=O) groups excluding carboxylic acids is 3. The number of amides is 2. The first kappa shape index (κ1) is 14.3. The highest BCUT2D eigenvalue weighted by Crippen LogP contribution is 2.32. The van der Waals surface area contributed by atoms with Crippen LogP contribution < -0.4 is 5.11 Å². The highest BCUT2D eigenvalue weighted by molar-refractivity contribution is 8.18. The highest BCUT2D eigenvalue weighted by atomic mass is 32.2. The fraction of sp³-hybridized carbons (Fsp3) is 0.214. The number of aliphatic carboxylic acids is 1. The molecule has 0 unspecified atom stereocenters. The summed E-state index contributed by atoms with van der Waals surface area (Å²) in [5, 5.41) is 9.96. The quantitative estimate of drug-likeness (QED) is 0.763. The Morgan fingerprint density at radius 1 is 1.25 bits per heavy atom. The number of hydrogen-bond donors (Lipinski definition) is 0. The number of nitrogens with zero attached hydrogens (tertiary/aromatic N) is 1. The molecule has 1 aromatic rings. The molecular weight excluding hydrogens is 278 g/mol. The third-order valence-corrected chi connectivity index (χ3v) is 3.64. The lowest BCUT2D eigenvalue weighted by Gasteiger charge is -2.12. The molecule has 2 rings (SSSR count). The summed E-state index contributed by atoms with van der Waals surface area (Å²) in [6.45, 7) is 0.102. The van der Waals surface area contributed by atoms with Crippen LogP contribution in [0.5, 0.6) is 0 Å². The smallest absolute Gasteiger partial charge is 0.293 e. The van der Waals surface area contributed by atoms with Gasteiger partial charge in [-0.3, -0.25) is 14.5 Å². The number of carboxylic acids is 1. The SMILES string of the molecule is O=C([O-])CCCN1C(=O)S/C(=C/c2ccccc2)C1=O. The van der Waals surface area contributed by atoms with Gasteiger partial charge in [-0.1, -0.05) is 30.3 Å². The molecule has 0 bridgehead atoms. The van der Waals surface area contributed by atoms with Gasteiger partial charge in [0.1, 0.15) is 0 Å². The fourth-order valence-corrected chi connectivity index (χ4v) is 2.64. The first-order valence-electron chi connectivity index (χ1n) is 6.08. The minimum Gasteiger partial charge on any atom is -0.550 e. The molecule has 1 aromatic carbocycles. The van der Waals surface area contributed by atoms with E-state index in [0.717, 1.165) is 22.2 Å². The van der Waals surface area contributed by atoms with E-state index in [0.29, 0.717) is 4.91 Å². The monoisotopic (exact) mass is 290 g/mol. The van der Waals surface area contributed by atoms with Gasteiger partial charge in [0.2, 0.25) is 0 Å². The maximum absolute atomic E-state index is 12.0. The Bertz CT molecular complexity index is 568. The van der Waals surface area contributed by atoms with E-state index in [9.17, 15) is 19.5 Å². The van der Waals surface area contributed by atoms with Crippen LogP contribution in [0.4, 0.5) is 4.79 Å². The van der Waals surface area contributed by atoms with Gasteiger partial charge in [0.25, 0.3) is 11.1 Å². The lowest BCUT2D eigenvalue weighted by molar-refractivity contribution is -0.305. The summed E-state index contributed by atoms with van der Waals surface area (Å²) in [6, 6.07) is 9.23. The van der Waals surface area contributed by atoms with E-state index in [2.05, 4.69) is 0 Å². The molecule has 1 fully saturated rings. The van der Waals surface area contributed by atoms with Crippen LogP contribution >= 0.6 is 11.8 Å². The fourth-order valence-electron chi connectivity index (χ4n) is 1.77. The van der Waals surface area contributed by atoms with Gasteiger partial charge in [-0.05, 0) is 36.2 Å². The molecule has 104 valence electrons. The van der Waals surface area contributed by atoms with Crippen molar-refractivity contribution in [2.45, 2.75) is 12.8 Å². The lowest BCUT2D eigenvalue weighted by Crippen LogP contribution is -2.30. The van der Waals surface area contributed by atoms with Gasteiger partial charge in [-0.25, -0.2) is 0 Å². The van der Waals surface area contributed by atoms with Gasteiger partial charge in [0.15, 0.2) is 0 Å². The van der Waals surface area contributed by atoms with E-state index >= 15 is 0 Å². The van der Waals surface area contributed by atoms with Crippen LogP contribution in [0, 0.1) is 0 Å². The molecule has 1 heterocycles. The summed E-state index contributed by atoms with van der Waals surface area (Å²) in [5.74, 6) is -1.56. The number of benzene rings is 1. The molecule has 0 aromatic heterocycles. The predicted molar refractivity (Wildman–Crippen MR) is 73.4 cm³/mol. The largest absolute Gasteiger partial charge is 0.550 e. The van der Waals surface area contributed by atoms with Crippen LogP contribution in [0.3, 0.4) is 0 Å². The zero-order valence-corrected chi connectivity index (χ0v) is 11.4. The van der Waals surface area contributed by atoms with Gasteiger partial charge < -0.3 is 9.90 Å². The van der Waals surface area contributed by atoms with Crippen molar-refractivity contribution < 1.29 is 19.5 Å². The van der Waals surface area contributed by atoms with Crippen molar-refractivity contribution in [3.8, 4) is 0 Å². The summed E-state index contributed by atoms with van der Waals surface area (Å²) < 4.78 is 0. The molecule has 5 nitrogen and oxygen atoms in total. The summed E-state index contributed by atoms with van der Waals surface area (Å²) in [7, 11) is 0. The second-order valence-electron chi connectivity index (χ2n) is 4.22. The molecule has 1 saturated heterocycles. The van der Waals surface area contributed by atoms with Crippen LogP contribution in [0.25, 0.3) is 6.08 Å². The average Bonchev–Trinajstić information content (AvgIpc) is 2.67. The number of imide groups is 1. The summed E-state index contributed by atoms with van der Waals surface area (Å²) >= 11 is 0.871. The van der Waals surface area contributed by atoms with Crippen LogP contribution in [0.15, 0.2) is 35.2 Å². The topological polar surface area (TPSA) is 77.5 Å². The van der Waals surface area contributed by atoms with Crippen molar-refractivity contribution in [1.29, 1.82) is 0 Å². The van der Waals surface area contributed by atoms with E-state index < -0.39 is 5.97 Å². The van der Waals surface area contributed by atoms with Gasteiger partial charge >= 0.3 is 0 Å². The van der Waals surface area contributed by atoms with E-state index in [4.69, 9.17) is 0 Å². The van der Waals surface area contributed by atoms with Gasteiger partial charge in [0, 0.05) is 12.5 Å². The van der Waals surface area contributed by atoms with Crippen molar-refractivity contribution in [2.24, 2.45) is 0 Å². The third kappa shape index (κ3) is 3.48. The first-order chi connectivity index (χ1) is 9.58. The normalized spacial score (nSPS) is 17.0. The van der Waals surface area contributed by atoms with E-state index in [1.165, 1.54) is 0 Å². The molecule has 0 aliphatic carbocycles. The van der Waals surface area contributed by atoms with E-state index in [1.807, 2.05) is 30.3 Å².